The van der Waals surface area contributed by atoms with Crippen molar-refractivity contribution in [2.75, 3.05) is 0 Å². The van der Waals surface area contributed by atoms with E-state index in [1.165, 1.54) is 18.3 Å². The van der Waals surface area contributed by atoms with Gasteiger partial charge in [0.15, 0.2) is 0 Å². The maximum absolute atomic E-state index is 12.8. The molecule has 28 heavy (non-hydrogen) atoms. The molecule has 0 fully saturated rings. The second kappa shape index (κ2) is 7.60. The third-order valence-corrected chi connectivity index (χ3v) is 4.87. The molecule has 1 N–H and O–H groups in total. The summed E-state index contributed by atoms with van der Waals surface area (Å²) in [6.07, 6.45) is -3.02. The lowest BCUT2D eigenvalue weighted by Crippen LogP contribution is -2.30. The van der Waals surface area contributed by atoms with Crippen LogP contribution in [0.3, 0.4) is 0 Å². The Labute approximate surface area is 169 Å². The molecule has 1 amide bonds. The summed E-state index contributed by atoms with van der Waals surface area (Å²) in [4.78, 5) is 16.6. The number of benzene rings is 2. The van der Waals surface area contributed by atoms with E-state index in [9.17, 15) is 18.0 Å². The van der Waals surface area contributed by atoms with Crippen LogP contribution in [-0.2, 0) is 6.18 Å². The molecule has 1 heterocycles. The van der Waals surface area contributed by atoms with Crippen molar-refractivity contribution in [1.29, 1.82) is 0 Å². The molecule has 8 heteroatoms. The molecule has 0 saturated heterocycles. The Kier molecular flexibility index (Phi) is 5.55. The quantitative estimate of drug-likeness (QED) is 0.528. The summed E-state index contributed by atoms with van der Waals surface area (Å²) < 4.78 is 38.4. The lowest BCUT2D eigenvalue weighted by atomic mass is 9.99. The average Bonchev–Trinajstić information content (AvgIpc) is 2.63. The predicted octanol–water partition coefficient (Wildman–Crippen LogP) is 6.37. The van der Waals surface area contributed by atoms with E-state index in [0.29, 0.717) is 27.6 Å². The summed E-state index contributed by atoms with van der Waals surface area (Å²) in [6, 6.07) is 7.76. The van der Waals surface area contributed by atoms with Crippen LogP contribution in [0.1, 0.15) is 29.8 Å². The van der Waals surface area contributed by atoms with E-state index in [0.717, 1.165) is 12.1 Å². The smallest absolute Gasteiger partial charge is 0.350 e. The van der Waals surface area contributed by atoms with Crippen LogP contribution in [-0.4, -0.2) is 16.9 Å². The molecule has 0 bridgehead atoms. The molecule has 0 saturated carbocycles. The number of halogens is 5. The maximum Gasteiger partial charge on any atom is 0.416 e. The van der Waals surface area contributed by atoms with Crippen LogP contribution in [0, 0.1) is 0 Å². The molecular formula is C20H15Cl2F3N2O. The van der Waals surface area contributed by atoms with Crippen molar-refractivity contribution in [1.82, 2.24) is 10.3 Å². The van der Waals surface area contributed by atoms with Crippen molar-refractivity contribution in [3.63, 3.8) is 0 Å². The normalized spacial score (nSPS) is 11.9. The van der Waals surface area contributed by atoms with Crippen molar-refractivity contribution < 1.29 is 18.0 Å². The summed E-state index contributed by atoms with van der Waals surface area (Å²) in [5.41, 5.74) is 1.03. The van der Waals surface area contributed by atoms with E-state index in [-0.39, 0.29) is 22.0 Å². The van der Waals surface area contributed by atoms with Crippen LogP contribution < -0.4 is 5.32 Å². The van der Waals surface area contributed by atoms with Crippen LogP contribution in [0.4, 0.5) is 13.2 Å². The Hall–Kier alpha value is -2.31. The Morgan fingerprint density at radius 3 is 2.32 bits per heavy atom. The number of aromatic nitrogens is 1. The van der Waals surface area contributed by atoms with Gasteiger partial charge in [0.2, 0.25) is 0 Å². The highest BCUT2D eigenvalue weighted by atomic mass is 35.5. The number of hydrogen-bond donors (Lipinski definition) is 1. The third kappa shape index (κ3) is 4.08. The number of rotatable bonds is 3. The van der Waals surface area contributed by atoms with Gasteiger partial charge in [-0.1, -0.05) is 35.3 Å². The van der Waals surface area contributed by atoms with Crippen molar-refractivity contribution in [2.24, 2.45) is 0 Å². The molecule has 3 aromatic rings. The highest BCUT2D eigenvalue weighted by Gasteiger charge is 2.30. The molecule has 3 rings (SSSR count). The first-order valence-corrected chi connectivity index (χ1v) is 9.09. The molecule has 1 aromatic heterocycles. The first-order valence-electron chi connectivity index (χ1n) is 8.34. The van der Waals surface area contributed by atoms with E-state index in [1.807, 2.05) is 13.8 Å². The number of nitrogens with zero attached hydrogens (tertiary/aromatic N) is 1. The van der Waals surface area contributed by atoms with Gasteiger partial charge in [0, 0.05) is 23.2 Å². The van der Waals surface area contributed by atoms with Gasteiger partial charge >= 0.3 is 6.18 Å². The highest BCUT2D eigenvalue weighted by Crippen LogP contribution is 2.38. The summed E-state index contributed by atoms with van der Waals surface area (Å²) in [7, 11) is 0. The number of nitrogens with one attached hydrogen (secondary N) is 1. The topological polar surface area (TPSA) is 42.0 Å². The predicted molar refractivity (Wildman–Crippen MR) is 105 cm³/mol. The molecule has 146 valence electrons. The summed E-state index contributed by atoms with van der Waals surface area (Å²) >= 11 is 12.5. The first-order chi connectivity index (χ1) is 13.1. The second-order valence-corrected chi connectivity index (χ2v) is 7.33. The largest absolute Gasteiger partial charge is 0.416 e. The maximum atomic E-state index is 12.8. The monoisotopic (exact) mass is 426 g/mol. The van der Waals surface area contributed by atoms with Crippen LogP contribution in [0.5, 0.6) is 0 Å². The van der Waals surface area contributed by atoms with Gasteiger partial charge in [-0.05, 0) is 43.7 Å². The number of carbonyl (C=O) groups is 1. The Balaban J connectivity index is 2.14. The van der Waals surface area contributed by atoms with Gasteiger partial charge in [-0.15, -0.1) is 0 Å². The molecule has 3 nitrogen and oxygen atoms in total. The van der Waals surface area contributed by atoms with E-state index < -0.39 is 11.7 Å². The number of pyridine rings is 1. The molecule has 0 unspecified atom stereocenters. The fourth-order valence-electron chi connectivity index (χ4n) is 2.76. The fourth-order valence-corrected chi connectivity index (χ4v) is 3.17. The standard InChI is InChI=1S/C20H15Cl2F3N2O/c1-10(2)27-19(28)12-7-15-17(22)16(21)8-14(18(15)26-9-12)11-3-5-13(6-4-11)20(23,24)25/h3-10H,1-2H3,(H,27,28). The third-order valence-electron chi connectivity index (χ3n) is 4.07. The lowest BCUT2D eigenvalue weighted by molar-refractivity contribution is -0.137. The SMILES string of the molecule is CC(C)NC(=O)c1cnc2c(-c3ccc(C(F)(F)F)cc3)cc(Cl)c(Cl)c2c1. The summed E-state index contributed by atoms with van der Waals surface area (Å²) in [6.45, 7) is 3.66. The van der Waals surface area contributed by atoms with Gasteiger partial charge < -0.3 is 5.32 Å². The number of carbonyl (C=O) groups excluding carboxylic acids is 1. The highest BCUT2D eigenvalue weighted by molar-refractivity contribution is 6.45. The minimum absolute atomic E-state index is 0.0549. The van der Waals surface area contributed by atoms with Crippen LogP contribution in [0.2, 0.25) is 10.0 Å². The van der Waals surface area contributed by atoms with Crippen molar-refractivity contribution >= 4 is 40.0 Å². The number of alkyl halides is 3. The second-order valence-electron chi connectivity index (χ2n) is 6.54. The van der Waals surface area contributed by atoms with E-state index in [2.05, 4.69) is 10.3 Å². The molecular weight excluding hydrogens is 412 g/mol. The van der Waals surface area contributed by atoms with Gasteiger partial charge in [0.05, 0.1) is 26.7 Å². The van der Waals surface area contributed by atoms with Crippen molar-refractivity contribution in [3.8, 4) is 11.1 Å². The summed E-state index contributed by atoms with van der Waals surface area (Å²) in [5, 5.41) is 3.64. The Bertz CT molecular complexity index is 1050. The molecule has 0 aliphatic rings. The first kappa shape index (κ1) is 20.4. The van der Waals surface area contributed by atoms with Crippen molar-refractivity contribution in [2.45, 2.75) is 26.1 Å². The van der Waals surface area contributed by atoms with Crippen molar-refractivity contribution in [3.05, 3.63) is 63.8 Å². The van der Waals surface area contributed by atoms with Gasteiger partial charge in [0.25, 0.3) is 5.91 Å². The average molecular weight is 427 g/mol. The van der Waals surface area contributed by atoms with E-state index >= 15 is 0 Å². The molecule has 0 aliphatic heterocycles. The van der Waals surface area contributed by atoms with Gasteiger partial charge in [-0.25, -0.2) is 0 Å². The Morgan fingerprint density at radius 2 is 1.75 bits per heavy atom. The number of amides is 1. The summed E-state index contributed by atoms with van der Waals surface area (Å²) in [5.74, 6) is -0.309. The van der Waals surface area contributed by atoms with Crippen LogP contribution >= 0.6 is 23.2 Å². The van der Waals surface area contributed by atoms with Crippen LogP contribution in [0.15, 0.2) is 42.6 Å². The zero-order valence-corrected chi connectivity index (χ0v) is 16.4. The molecule has 0 spiro atoms. The molecule has 2 aromatic carbocycles. The zero-order chi connectivity index (χ0) is 20.6. The van der Waals surface area contributed by atoms with Gasteiger partial charge in [-0.2, -0.15) is 13.2 Å². The van der Waals surface area contributed by atoms with Crippen LogP contribution in [0.25, 0.3) is 22.0 Å². The van der Waals surface area contributed by atoms with Gasteiger partial charge in [-0.3, -0.25) is 9.78 Å². The molecule has 0 radical (unpaired) electrons. The van der Waals surface area contributed by atoms with E-state index in [4.69, 9.17) is 23.2 Å². The minimum atomic E-state index is -4.42. The molecule has 0 aliphatic carbocycles. The minimum Gasteiger partial charge on any atom is -0.350 e. The zero-order valence-electron chi connectivity index (χ0n) is 14.9. The van der Waals surface area contributed by atoms with Gasteiger partial charge in [0.1, 0.15) is 0 Å². The lowest BCUT2D eigenvalue weighted by Gasteiger charge is -2.13. The molecule has 0 atom stereocenters. The number of fused-ring (bicyclic) bond motifs is 1. The fraction of sp³-hybridized carbons (Fsp3) is 0.200. The Morgan fingerprint density at radius 1 is 1.11 bits per heavy atom. The number of hydrogen-bond acceptors (Lipinski definition) is 2. The van der Waals surface area contributed by atoms with E-state index in [1.54, 1.807) is 12.1 Å².